The molecule has 0 aromatic heterocycles. The van der Waals surface area contributed by atoms with Gasteiger partial charge in [0.05, 0.1) is 18.7 Å². The number of amides is 1. The van der Waals surface area contributed by atoms with Crippen molar-refractivity contribution >= 4 is 17.4 Å². The minimum atomic E-state index is -0.320. The Hall–Kier alpha value is -2.04. The third-order valence-corrected chi connectivity index (χ3v) is 1.81. The zero-order chi connectivity index (χ0) is 12.0. The highest BCUT2D eigenvalue weighted by atomic mass is 16.5. The van der Waals surface area contributed by atoms with E-state index < -0.39 is 0 Å². The zero-order valence-electron chi connectivity index (χ0n) is 9.12. The molecular weight excluding hydrogens is 206 g/mol. The Morgan fingerprint density at radius 3 is 2.81 bits per heavy atom. The van der Waals surface area contributed by atoms with Crippen LogP contribution in [-0.2, 0) is 4.79 Å². The van der Waals surface area contributed by atoms with Crippen LogP contribution in [0.15, 0.2) is 24.3 Å². The number of hydrogen-bond donors (Lipinski definition) is 3. The van der Waals surface area contributed by atoms with Crippen molar-refractivity contribution in [2.75, 3.05) is 11.9 Å². The predicted octanol–water partition coefficient (Wildman–Crippen LogP) is 1.35. The fraction of sp³-hybridized carbons (Fsp3) is 0.273. The van der Waals surface area contributed by atoms with Crippen LogP contribution in [0.3, 0.4) is 0 Å². The molecule has 0 unspecified atom stereocenters. The van der Waals surface area contributed by atoms with Crippen LogP contribution in [0, 0.1) is 5.41 Å². The lowest BCUT2D eigenvalue weighted by Crippen LogP contribution is -2.21. The average Bonchev–Trinajstić information content (AvgIpc) is 2.20. The second-order valence-corrected chi connectivity index (χ2v) is 3.18. The summed E-state index contributed by atoms with van der Waals surface area (Å²) in [7, 11) is 0. The van der Waals surface area contributed by atoms with Gasteiger partial charge in [0, 0.05) is 0 Å². The van der Waals surface area contributed by atoms with Gasteiger partial charge < -0.3 is 15.8 Å². The quantitative estimate of drug-likeness (QED) is 0.518. The van der Waals surface area contributed by atoms with Gasteiger partial charge in [0.2, 0.25) is 5.91 Å². The van der Waals surface area contributed by atoms with Gasteiger partial charge in [-0.05, 0) is 19.1 Å². The van der Waals surface area contributed by atoms with Gasteiger partial charge in [-0.2, -0.15) is 0 Å². The van der Waals surface area contributed by atoms with Gasteiger partial charge in [0.15, 0.2) is 0 Å². The van der Waals surface area contributed by atoms with E-state index in [1.54, 1.807) is 18.2 Å². The molecular formula is C11H15N3O2. The molecule has 0 aliphatic heterocycles. The van der Waals surface area contributed by atoms with Gasteiger partial charge in [0.1, 0.15) is 11.6 Å². The second kappa shape index (κ2) is 5.75. The molecule has 5 nitrogen and oxygen atoms in total. The van der Waals surface area contributed by atoms with E-state index in [1.807, 2.05) is 13.0 Å². The molecule has 5 heteroatoms. The van der Waals surface area contributed by atoms with Gasteiger partial charge in [0.25, 0.3) is 0 Å². The summed E-state index contributed by atoms with van der Waals surface area (Å²) >= 11 is 0. The number of nitrogens with two attached hydrogens (primary N) is 1. The average molecular weight is 221 g/mol. The number of ether oxygens (including phenoxy) is 1. The number of nitrogens with one attached hydrogen (secondary N) is 2. The predicted molar refractivity (Wildman–Crippen MR) is 62.8 cm³/mol. The number of anilines is 1. The Balaban J connectivity index is 2.72. The van der Waals surface area contributed by atoms with Crippen LogP contribution in [0.2, 0.25) is 0 Å². The standard InChI is InChI=1S/C11H15N3O2/c1-2-16-9-6-4-3-5-8(9)14-11(15)7-10(12)13/h3-6H,2,7H2,1H3,(H3,12,13)(H,14,15). The van der Waals surface area contributed by atoms with Crippen LogP contribution in [0.4, 0.5) is 5.69 Å². The minimum Gasteiger partial charge on any atom is -0.492 e. The summed E-state index contributed by atoms with van der Waals surface area (Å²) in [5.74, 6) is 0.132. The van der Waals surface area contributed by atoms with E-state index in [4.69, 9.17) is 15.9 Å². The van der Waals surface area contributed by atoms with Crippen LogP contribution in [0.5, 0.6) is 5.75 Å². The first-order valence-corrected chi connectivity index (χ1v) is 4.98. The van der Waals surface area contributed by atoms with E-state index in [1.165, 1.54) is 0 Å². The topological polar surface area (TPSA) is 88.2 Å². The van der Waals surface area contributed by atoms with Gasteiger partial charge in [-0.15, -0.1) is 0 Å². The van der Waals surface area contributed by atoms with E-state index >= 15 is 0 Å². The molecule has 16 heavy (non-hydrogen) atoms. The van der Waals surface area contributed by atoms with Crippen molar-refractivity contribution < 1.29 is 9.53 Å². The first kappa shape index (κ1) is 12.0. The van der Waals surface area contributed by atoms with Crippen molar-refractivity contribution in [2.24, 2.45) is 5.73 Å². The first-order chi connectivity index (χ1) is 7.63. The minimum absolute atomic E-state index is 0.111. The molecule has 1 amide bonds. The summed E-state index contributed by atoms with van der Waals surface area (Å²) in [6.07, 6.45) is -0.111. The van der Waals surface area contributed by atoms with Crippen molar-refractivity contribution in [3.63, 3.8) is 0 Å². The number of carbonyl (C=O) groups excluding carboxylic acids is 1. The van der Waals surface area contributed by atoms with E-state index in [2.05, 4.69) is 5.32 Å². The van der Waals surface area contributed by atoms with Gasteiger partial charge >= 0.3 is 0 Å². The summed E-state index contributed by atoms with van der Waals surface area (Å²) in [4.78, 5) is 11.4. The molecule has 0 saturated carbocycles. The molecule has 0 aliphatic carbocycles. The summed E-state index contributed by atoms with van der Waals surface area (Å²) in [6, 6.07) is 7.13. The fourth-order valence-electron chi connectivity index (χ4n) is 1.22. The molecule has 1 aromatic rings. The van der Waals surface area contributed by atoms with Crippen molar-refractivity contribution in [3.05, 3.63) is 24.3 Å². The lowest BCUT2D eigenvalue weighted by Gasteiger charge is -2.10. The Labute approximate surface area is 94.1 Å². The Morgan fingerprint density at radius 1 is 1.50 bits per heavy atom. The maximum Gasteiger partial charge on any atom is 0.232 e. The van der Waals surface area contributed by atoms with Crippen LogP contribution < -0.4 is 15.8 Å². The van der Waals surface area contributed by atoms with Crippen LogP contribution in [-0.4, -0.2) is 18.3 Å². The number of amidine groups is 1. The maximum absolute atomic E-state index is 11.4. The molecule has 1 aromatic carbocycles. The lowest BCUT2D eigenvalue weighted by molar-refractivity contribution is -0.115. The highest BCUT2D eigenvalue weighted by Gasteiger charge is 2.07. The molecule has 0 radical (unpaired) electrons. The summed E-state index contributed by atoms with van der Waals surface area (Å²) < 4.78 is 5.34. The van der Waals surface area contributed by atoms with E-state index in [-0.39, 0.29) is 18.2 Å². The van der Waals surface area contributed by atoms with Gasteiger partial charge in [-0.3, -0.25) is 10.2 Å². The monoisotopic (exact) mass is 221 g/mol. The normalized spacial score (nSPS) is 9.56. The number of hydrogen-bond acceptors (Lipinski definition) is 3. The molecule has 0 heterocycles. The molecule has 0 bridgehead atoms. The number of carbonyl (C=O) groups is 1. The maximum atomic E-state index is 11.4. The molecule has 1 rings (SSSR count). The van der Waals surface area contributed by atoms with Crippen LogP contribution in [0.25, 0.3) is 0 Å². The highest BCUT2D eigenvalue weighted by Crippen LogP contribution is 2.23. The third-order valence-electron chi connectivity index (χ3n) is 1.81. The summed E-state index contributed by atoms with van der Waals surface area (Å²) in [5, 5.41) is 9.65. The first-order valence-electron chi connectivity index (χ1n) is 4.98. The number of rotatable bonds is 5. The second-order valence-electron chi connectivity index (χ2n) is 3.18. The SMILES string of the molecule is CCOc1ccccc1NC(=O)CC(=N)N. The molecule has 0 saturated heterocycles. The molecule has 0 aliphatic rings. The molecule has 0 atom stereocenters. The van der Waals surface area contributed by atoms with E-state index in [0.717, 1.165) is 0 Å². The van der Waals surface area contributed by atoms with E-state index in [9.17, 15) is 4.79 Å². The lowest BCUT2D eigenvalue weighted by atomic mass is 10.2. The zero-order valence-corrected chi connectivity index (χ0v) is 9.12. The summed E-state index contributed by atoms with van der Waals surface area (Å²) in [6.45, 7) is 2.40. The number of para-hydroxylation sites is 2. The van der Waals surface area contributed by atoms with Crippen molar-refractivity contribution in [3.8, 4) is 5.75 Å². The fourth-order valence-corrected chi connectivity index (χ4v) is 1.22. The van der Waals surface area contributed by atoms with Crippen molar-refractivity contribution in [1.82, 2.24) is 0 Å². The van der Waals surface area contributed by atoms with Gasteiger partial charge in [-0.25, -0.2) is 0 Å². The Morgan fingerprint density at radius 2 is 2.19 bits per heavy atom. The van der Waals surface area contributed by atoms with Crippen molar-refractivity contribution in [1.29, 1.82) is 5.41 Å². The smallest absolute Gasteiger partial charge is 0.232 e. The van der Waals surface area contributed by atoms with Crippen molar-refractivity contribution in [2.45, 2.75) is 13.3 Å². The number of benzene rings is 1. The largest absolute Gasteiger partial charge is 0.492 e. The molecule has 86 valence electrons. The Bertz CT molecular complexity index is 391. The molecule has 4 N–H and O–H groups in total. The Kier molecular flexibility index (Phi) is 4.32. The van der Waals surface area contributed by atoms with E-state index in [0.29, 0.717) is 18.0 Å². The van der Waals surface area contributed by atoms with Gasteiger partial charge in [-0.1, -0.05) is 12.1 Å². The third kappa shape index (κ3) is 3.61. The van der Waals surface area contributed by atoms with Crippen LogP contribution in [0.1, 0.15) is 13.3 Å². The summed E-state index contributed by atoms with van der Waals surface area (Å²) in [5.41, 5.74) is 5.73. The molecule has 0 spiro atoms. The van der Waals surface area contributed by atoms with Crippen LogP contribution >= 0.6 is 0 Å². The molecule has 0 fully saturated rings. The highest BCUT2D eigenvalue weighted by molar-refractivity contribution is 6.04.